The fourth-order valence-electron chi connectivity index (χ4n) is 3.36. The number of benzene rings is 4. The second-order valence-electron chi connectivity index (χ2n) is 5.94. The summed E-state index contributed by atoms with van der Waals surface area (Å²) >= 11 is 0. The molecule has 4 aromatic carbocycles. The van der Waals surface area contributed by atoms with E-state index in [1.165, 1.54) is 0 Å². The summed E-state index contributed by atoms with van der Waals surface area (Å²) in [4.78, 5) is 14.5. The quantitative estimate of drug-likeness (QED) is 0.502. The summed E-state index contributed by atoms with van der Waals surface area (Å²) in [6, 6.07) is 34.0. The van der Waals surface area contributed by atoms with Gasteiger partial charge in [0.1, 0.15) is 0 Å². The minimum atomic E-state index is -3.29. The molecule has 0 aliphatic carbocycles. The van der Waals surface area contributed by atoms with Crippen molar-refractivity contribution in [2.45, 2.75) is 0 Å². The predicted octanol–water partition coefficient (Wildman–Crippen LogP) is 4.21. The fraction of sp³-hybridized carbons (Fsp3) is 0. The minimum absolute atomic E-state index is 0.896. The van der Waals surface area contributed by atoms with Gasteiger partial charge >= 0.3 is 142 Å². The van der Waals surface area contributed by atoms with E-state index in [0.29, 0.717) is 0 Å². The first kappa shape index (κ1) is 15.1. The van der Waals surface area contributed by atoms with E-state index in [9.17, 15) is 4.89 Å². The maximum atomic E-state index is 14.5. The second-order valence-corrected chi connectivity index (χ2v) is 9.00. The van der Waals surface area contributed by atoms with Gasteiger partial charge < -0.3 is 0 Å². The summed E-state index contributed by atoms with van der Waals surface area (Å²) in [6.45, 7) is 0. The Hall–Kier alpha value is -2.47. The molecule has 0 bridgehead atoms. The van der Waals surface area contributed by atoms with Crippen molar-refractivity contribution < 1.29 is 4.89 Å². The van der Waals surface area contributed by atoms with Crippen molar-refractivity contribution in [3.05, 3.63) is 103 Å². The Bertz CT molecular complexity index is 920. The van der Waals surface area contributed by atoms with Crippen molar-refractivity contribution in [1.82, 2.24) is 0 Å². The molecule has 0 aliphatic heterocycles. The SMILES string of the molecule is [O][PH](c1ccccc1)(c1ccccc1)c1cccc2ccccc12. The van der Waals surface area contributed by atoms with Crippen molar-refractivity contribution in [2.75, 3.05) is 0 Å². The Labute approximate surface area is 142 Å². The van der Waals surface area contributed by atoms with Crippen LogP contribution < -0.4 is 15.9 Å². The normalized spacial score (nSPS) is 12.2. The molecule has 0 atom stereocenters. The van der Waals surface area contributed by atoms with E-state index in [1.54, 1.807) is 0 Å². The zero-order valence-corrected chi connectivity index (χ0v) is 14.2. The van der Waals surface area contributed by atoms with Crippen LogP contribution in [0.25, 0.3) is 10.8 Å². The molecule has 1 nitrogen and oxygen atoms in total. The third-order valence-electron chi connectivity index (χ3n) is 4.53. The molecule has 0 amide bonds. The van der Waals surface area contributed by atoms with Crippen LogP contribution in [0, 0.1) is 0 Å². The third kappa shape index (κ3) is 2.43. The van der Waals surface area contributed by atoms with Crippen molar-refractivity contribution in [3.8, 4) is 0 Å². The van der Waals surface area contributed by atoms with Crippen LogP contribution in [0.2, 0.25) is 0 Å². The summed E-state index contributed by atoms with van der Waals surface area (Å²) in [5, 5.41) is 4.90. The molecule has 0 fully saturated rings. The molecule has 0 aliphatic rings. The van der Waals surface area contributed by atoms with Gasteiger partial charge in [-0.15, -0.1) is 0 Å². The van der Waals surface area contributed by atoms with Crippen molar-refractivity contribution >= 4 is 34.2 Å². The predicted molar refractivity (Wildman–Crippen MR) is 105 cm³/mol. The standard InChI is InChI=1S/C22H18OP/c23-24(19-12-3-1-4-13-19,20-14-5-2-6-15-20)22-17-9-11-18-10-7-8-16-21(18)22/h1-17,24H. The summed E-state index contributed by atoms with van der Waals surface area (Å²) in [5.74, 6) is 0. The summed E-state index contributed by atoms with van der Waals surface area (Å²) in [6.07, 6.45) is 0. The van der Waals surface area contributed by atoms with Crippen LogP contribution in [0.15, 0.2) is 103 Å². The molecule has 24 heavy (non-hydrogen) atoms. The van der Waals surface area contributed by atoms with E-state index < -0.39 is 7.49 Å². The van der Waals surface area contributed by atoms with E-state index in [-0.39, 0.29) is 0 Å². The fourth-order valence-corrected chi connectivity index (χ4v) is 6.57. The Morgan fingerprint density at radius 3 is 1.62 bits per heavy atom. The molecule has 4 aromatic rings. The number of hydrogen-bond donors (Lipinski definition) is 0. The molecule has 0 unspecified atom stereocenters. The van der Waals surface area contributed by atoms with Crippen LogP contribution in [0.1, 0.15) is 0 Å². The van der Waals surface area contributed by atoms with E-state index in [0.717, 1.165) is 26.7 Å². The van der Waals surface area contributed by atoms with E-state index in [4.69, 9.17) is 0 Å². The molecule has 0 heterocycles. The molecule has 1 radical (unpaired) electrons. The summed E-state index contributed by atoms with van der Waals surface area (Å²) in [5.41, 5.74) is 0. The van der Waals surface area contributed by atoms with Crippen molar-refractivity contribution in [2.24, 2.45) is 0 Å². The van der Waals surface area contributed by atoms with E-state index >= 15 is 0 Å². The van der Waals surface area contributed by atoms with Crippen LogP contribution in [0.4, 0.5) is 0 Å². The average Bonchev–Trinajstić information content (AvgIpc) is 2.68. The first-order chi connectivity index (χ1) is 11.8. The Morgan fingerprint density at radius 2 is 1.00 bits per heavy atom. The number of rotatable bonds is 3. The molecule has 0 aromatic heterocycles. The van der Waals surface area contributed by atoms with E-state index in [2.05, 4.69) is 18.2 Å². The summed E-state index contributed by atoms with van der Waals surface area (Å²) in [7, 11) is -3.29. The zero-order valence-electron chi connectivity index (χ0n) is 13.2. The Balaban J connectivity index is 2.07. The van der Waals surface area contributed by atoms with Gasteiger partial charge in [-0.05, 0) is 0 Å². The van der Waals surface area contributed by atoms with Gasteiger partial charge in [-0.2, -0.15) is 0 Å². The van der Waals surface area contributed by atoms with Crippen LogP contribution in [0.5, 0.6) is 0 Å². The molecule has 0 saturated carbocycles. The van der Waals surface area contributed by atoms with Crippen LogP contribution in [0.3, 0.4) is 0 Å². The second kappa shape index (κ2) is 6.20. The first-order valence-electron chi connectivity index (χ1n) is 8.10. The Morgan fingerprint density at radius 1 is 0.500 bits per heavy atom. The van der Waals surface area contributed by atoms with Gasteiger partial charge in [0.05, 0.1) is 0 Å². The molecule has 0 N–H and O–H groups in total. The van der Waals surface area contributed by atoms with Gasteiger partial charge in [-0.1, -0.05) is 0 Å². The van der Waals surface area contributed by atoms with Crippen molar-refractivity contribution in [3.63, 3.8) is 0 Å². The molecule has 0 saturated heterocycles. The van der Waals surface area contributed by atoms with Crippen LogP contribution in [-0.2, 0) is 4.89 Å². The molecular formula is C22H18OP. The van der Waals surface area contributed by atoms with Gasteiger partial charge in [0.25, 0.3) is 0 Å². The van der Waals surface area contributed by atoms with Crippen LogP contribution in [-0.4, -0.2) is 0 Å². The van der Waals surface area contributed by atoms with Gasteiger partial charge in [0, 0.05) is 0 Å². The van der Waals surface area contributed by atoms with Crippen LogP contribution >= 0.6 is 7.49 Å². The average molecular weight is 329 g/mol. The van der Waals surface area contributed by atoms with Crippen molar-refractivity contribution in [1.29, 1.82) is 0 Å². The third-order valence-corrected chi connectivity index (χ3v) is 8.02. The first-order valence-corrected chi connectivity index (χ1v) is 10.0. The van der Waals surface area contributed by atoms with Gasteiger partial charge in [-0.3, -0.25) is 0 Å². The summed E-state index contributed by atoms with van der Waals surface area (Å²) < 4.78 is 0. The monoisotopic (exact) mass is 329 g/mol. The Kier molecular flexibility index (Phi) is 3.90. The molecule has 4 rings (SSSR count). The zero-order chi connectivity index (χ0) is 16.4. The number of hydrogen-bond acceptors (Lipinski definition) is 0. The van der Waals surface area contributed by atoms with Gasteiger partial charge in [-0.25, -0.2) is 0 Å². The van der Waals surface area contributed by atoms with E-state index in [1.807, 2.05) is 84.9 Å². The van der Waals surface area contributed by atoms with Gasteiger partial charge in [0.15, 0.2) is 0 Å². The maximum absolute atomic E-state index is 14.5. The molecule has 2 heteroatoms. The molecular weight excluding hydrogens is 311 g/mol. The topological polar surface area (TPSA) is 19.9 Å². The molecule has 0 spiro atoms. The van der Waals surface area contributed by atoms with Gasteiger partial charge in [0.2, 0.25) is 0 Å². The molecule has 117 valence electrons. The number of fused-ring (bicyclic) bond motifs is 1.